The fraction of sp³-hybridized carbons (Fsp3) is 0.0588. The van der Waals surface area contributed by atoms with Crippen molar-refractivity contribution >= 4 is 28.1 Å². The fourth-order valence-corrected chi connectivity index (χ4v) is 2.79. The minimum atomic E-state index is -0.937. The number of nitrogens with one attached hydrogen (secondary N) is 1. The maximum Gasteiger partial charge on any atom is 0.335 e. The van der Waals surface area contributed by atoms with Gasteiger partial charge in [0.2, 0.25) is 0 Å². The minimum absolute atomic E-state index is 0.258. The van der Waals surface area contributed by atoms with E-state index in [0.29, 0.717) is 0 Å². The number of thiazole rings is 1. The molecule has 2 N–H and O–H groups in total. The molecule has 0 bridgehead atoms. The number of hydrogen-bond donors (Lipinski definition) is 2. The van der Waals surface area contributed by atoms with E-state index < -0.39 is 5.97 Å². The molecule has 0 spiro atoms. The van der Waals surface area contributed by atoms with Crippen LogP contribution in [0.15, 0.2) is 53.9 Å². The average Bonchev–Trinajstić information content (AvgIpc) is 3.04. The largest absolute Gasteiger partial charge is 0.497 e. The van der Waals surface area contributed by atoms with Crippen molar-refractivity contribution in [1.82, 2.24) is 4.98 Å². The SMILES string of the molecule is COc1ccc(-c2csc(Nc3ccc(C(=O)O)cc3)n2)cc1. The lowest BCUT2D eigenvalue weighted by Crippen LogP contribution is -1.96. The average molecular weight is 326 g/mol. The Labute approximate surface area is 137 Å². The third kappa shape index (κ3) is 3.49. The van der Waals surface area contributed by atoms with Gasteiger partial charge in [-0.25, -0.2) is 9.78 Å². The molecule has 0 aliphatic rings. The normalized spacial score (nSPS) is 10.3. The number of carboxylic acid groups (broad SMARTS) is 1. The van der Waals surface area contributed by atoms with Gasteiger partial charge >= 0.3 is 5.97 Å². The van der Waals surface area contributed by atoms with E-state index in [1.165, 1.54) is 11.3 Å². The van der Waals surface area contributed by atoms with Crippen molar-refractivity contribution in [2.75, 3.05) is 12.4 Å². The Hall–Kier alpha value is -2.86. The summed E-state index contributed by atoms with van der Waals surface area (Å²) in [5.74, 6) is -0.131. The predicted octanol–water partition coefficient (Wildman–Crippen LogP) is 4.26. The minimum Gasteiger partial charge on any atom is -0.497 e. The van der Waals surface area contributed by atoms with Crippen molar-refractivity contribution in [3.05, 3.63) is 59.5 Å². The molecule has 0 aliphatic heterocycles. The summed E-state index contributed by atoms with van der Waals surface area (Å²) in [4.78, 5) is 15.4. The number of aromatic carboxylic acids is 1. The first-order valence-electron chi connectivity index (χ1n) is 6.86. The van der Waals surface area contributed by atoms with Gasteiger partial charge in [0.15, 0.2) is 5.13 Å². The smallest absolute Gasteiger partial charge is 0.335 e. The number of rotatable bonds is 5. The Kier molecular flexibility index (Phi) is 4.25. The second-order valence-corrected chi connectivity index (χ2v) is 5.63. The van der Waals surface area contributed by atoms with Crippen LogP contribution in [-0.4, -0.2) is 23.2 Å². The molecule has 3 aromatic rings. The van der Waals surface area contributed by atoms with Crippen molar-refractivity contribution < 1.29 is 14.6 Å². The van der Waals surface area contributed by atoms with Crippen molar-refractivity contribution in [3.8, 4) is 17.0 Å². The molecule has 1 aromatic heterocycles. The topological polar surface area (TPSA) is 71.5 Å². The highest BCUT2D eigenvalue weighted by atomic mass is 32.1. The van der Waals surface area contributed by atoms with Gasteiger partial charge < -0.3 is 15.2 Å². The van der Waals surface area contributed by atoms with E-state index in [4.69, 9.17) is 9.84 Å². The second-order valence-electron chi connectivity index (χ2n) is 4.77. The van der Waals surface area contributed by atoms with Crippen LogP contribution in [0.1, 0.15) is 10.4 Å². The highest BCUT2D eigenvalue weighted by molar-refractivity contribution is 7.14. The van der Waals surface area contributed by atoms with Gasteiger partial charge in [-0.15, -0.1) is 11.3 Å². The zero-order valence-electron chi connectivity index (χ0n) is 12.3. The molecular weight excluding hydrogens is 312 g/mol. The van der Waals surface area contributed by atoms with Crippen molar-refractivity contribution in [2.45, 2.75) is 0 Å². The van der Waals surface area contributed by atoms with Gasteiger partial charge in [-0.3, -0.25) is 0 Å². The summed E-state index contributed by atoms with van der Waals surface area (Å²) in [5.41, 5.74) is 2.94. The Bertz CT molecular complexity index is 811. The number of nitrogens with zero attached hydrogens (tertiary/aromatic N) is 1. The van der Waals surface area contributed by atoms with Crippen molar-refractivity contribution in [2.24, 2.45) is 0 Å². The van der Waals surface area contributed by atoms with Crippen LogP contribution in [0.25, 0.3) is 11.3 Å². The Morgan fingerprint density at radius 3 is 2.43 bits per heavy atom. The molecule has 0 fully saturated rings. The highest BCUT2D eigenvalue weighted by Gasteiger charge is 2.06. The van der Waals surface area contributed by atoms with Crippen LogP contribution in [-0.2, 0) is 0 Å². The van der Waals surface area contributed by atoms with Gasteiger partial charge in [-0.1, -0.05) is 0 Å². The van der Waals surface area contributed by atoms with Crippen LogP contribution in [0.5, 0.6) is 5.75 Å². The van der Waals surface area contributed by atoms with Gasteiger partial charge in [0.25, 0.3) is 0 Å². The lowest BCUT2D eigenvalue weighted by Gasteiger charge is -2.03. The van der Waals surface area contributed by atoms with Crippen molar-refractivity contribution in [1.29, 1.82) is 0 Å². The van der Waals surface area contributed by atoms with E-state index in [2.05, 4.69) is 10.3 Å². The van der Waals surface area contributed by atoms with Crippen molar-refractivity contribution in [3.63, 3.8) is 0 Å². The molecule has 1 heterocycles. The predicted molar refractivity (Wildman–Crippen MR) is 90.8 cm³/mol. The number of carbonyl (C=O) groups is 1. The first-order chi connectivity index (χ1) is 11.2. The summed E-state index contributed by atoms with van der Waals surface area (Å²) in [5, 5.41) is 14.8. The number of aromatic nitrogens is 1. The molecule has 3 rings (SSSR count). The monoisotopic (exact) mass is 326 g/mol. The summed E-state index contributed by atoms with van der Waals surface area (Å²) < 4.78 is 5.14. The van der Waals surface area contributed by atoms with E-state index in [9.17, 15) is 4.79 Å². The van der Waals surface area contributed by atoms with E-state index >= 15 is 0 Å². The number of anilines is 2. The van der Waals surface area contributed by atoms with Crippen LogP contribution < -0.4 is 10.1 Å². The van der Waals surface area contributed by atoms with E-state index in [-0.39, 0.29) is 5.56 Å². The summed E-state index contributed by atoms with van der Waals surface area (Å²) in [6.07, 6.45) is 0. The first kappa shape index (κ1) is 15.1. The third-order valence-corrected chi connectivity index (χ3v) is 4.03. The van der Waals surface area contributed by atoms with Gasteiger partial charge in [0.1, 0.15) is 5.75 Å². The van der Waals surface area contributed by atoms with E-state index in [0.717, 1.165) is 27.8 Å². The Morgan fingerprint density at radius 1 is 1.13 bits per heavy atom. The lowest BCUT2D eigenvalue weighted by atomic mass is 10.2. The van der Waals surface area contributed by atoms with E-state index in [1.54, 1.807) is 31.4 Å². The molecule has 23 heavy (non-hydrogen) atoms. The van der Waals surface area contributed by atoms with Gasteiger partial charge in [-0.2, -0.15) is 0 Å². The van der Waals surface area contributed by atoms with Gasteiger partial charge in [-0.05, 0) is 48.5 Å². The number of carboxylic acids is 1. The molecule has 0 saturated carbocycles. The Balaban J connectivity index is 1.74. The molecule has 0 radical (unpaired) electrons. The zero-order chi connectivity index (χ0) is 16.2. The second kappa shape index (κ2) is 6.50. The molecule has 2 aromatic carbocycles. The maximum absolute atomic E-state index is 10.8. The molecule has 6 heteroatoms. The summed E-state index contributed by atoms with van der Waals surface area (Å²) in [6, 6.07) is 14.3. The molecule has 0 amide bonds. The number of ether oxygens (including phenoxy) is 1. The van der Waals surface area contributed by atoms with E-state index in [1.807, 2.05) is 29.6 Å². The Morgan fingerprint density at radius 2 is 1.83 bits per heavy atom. The summed E-state index contributed by atoms with van der Waals surface area (Å²) >= 11 is 1.49. The zero-order valence-corrected chi connectivity index (χ0v) is 13.1. The molecule has 0 saturated heterocycles. The number of hydrogen-bond acceptors (Lipinski definition) is 5. The highest BCUT2D eigenvalue weighted by Crippen LogP contribution is 2.28. The third-order valence-electron chi connectivity index (χ3n) is 3.27. The molecule has 0 unspecified atom stereocenters. The van der Waals surface area contributed by atoms with Gasteiger partial charge in [0.05, 0.1) is 18.4 Å². The lowest BCUT2D eigenvalue weighted by molar-refractivity contribution is 0.0697. The van der Waals surface area contributed by atoms with Crippen LogP contribution >= 0.6 is 11.3 Å². The van der Waals surface area contributed by atoms with Gasteiger partial charge in [0, 0.05) is 16.6 Å². The molecular formula is C17H14N2O3S. The molecule has 116 valence electrons. The van der Waals surface area contributed by atoms with Crippen LogP contribution in [0.4, 0.5) is 10.8 Å². The standard InChI is InChI=1S/C17H14N2O3S/c1-22-14-8-4-11(5-9-14)15-10-23-17(19-15)18-13-6-2-12(3-7-13)16(20)21/h2-10H,1H3,(H,18,19)(H,20,21). The molecule has 0 atom stereocenters. The quantitative estimate of drug-likeness (QED) is 0.733. The summed E-state index contributed by atoms with van der Waals surface area (Å²) in [6.45, 7) is 0. The molecule has 5 nitrogen and oxygen atoms in total. The van der Waals surface area contributed by atoms with Crippen LogP contribution in [0.3, 0.4) is 0 Å². The maximum atomic E-state index is 10.8. The number of benzene rings is 2. The molecule has 0 aliphatic carbocycles. The summed E-state index contributed by atoms with van der Waals surface area (Å²) in [7, 11) is 1.63. The number of methoxy groups -OCH3 is 1. The van der Waals surface area contributed by atoms with Crippen LogP contribution in [0.2, 0.25) is 0 Å². The van der Waals surface area contributed by atoms with Crippen LogP contribution in [0, 0.1) is 0 Å². The fourth-order valence-electron chi connectivity index (χ4n) is 2.05. The first-order valence-corrected chi connectivity index (χ1v) is 7.74.